The number of alkyl halides is 3. The molecule has 2 saturated heterocycles. The van der Waals surface area contributed by atoms with Crippen molar-refractivity contribution in [1.82, 2.24) is 19.8 Å². The minimum atomic E-state index is -4.60. The van der Waals surface area contributed by atoms with E-state index in [9.17, 15) is 22.8 Å². The summed E-state index contributed by atoms with van der Waals surface area (Å²) in [5.41, 5.74) is 1.37. The molecule has 1 saturated carbocycles. The number of likely N-dealkylation sites (tertiary alicyclic amines) is 1. The van der Waals surface area contributed by atoms with E-state index in [4.69, 9.17) is 4.74 Å². The van der Waals surface area contributed by atoms with Crippen molar-refractivity contribution in [1.29, 1.82) is 0 Å². The molecule has 0 spiro atoms. The first-order valence-corrected chi connectivity index (χ1v) is 13.8. The number of amides is 2. The number of aryl methyl sites for hydroxylation is 1. The third-order valence-electron chi connectivity index (χ3n) is 8.33. The van der Waals surface area contributed by atoms with Crippen LogP contribution in [-0.2, 0) is 33.5 Å². The smallest absolute Gasteiger partial charge is 0.375 e. The third-order valence-corrected chi connectivity index (χ3v) is 9.48. The number of likely N-dealkylation sites (N-methyl/N-ethyl adjacent to an activating group) is 1. The fourth-order valence-electron chi connectivity index (χ4n) is 6.11. The summed E-state index contributed by atoms with van der Waals surface area (Å²) in [7, 11) is 1.99. The summed E-state index contributed by atoms with van der Waals surface area (Å²) in [4.78, 5) is 38.5. The second kappa shape index (κ2) is 11.1. The molecule has 3 fully saturated rings. The molecule has 222 valence electrons. The molecule has 3 aromatic heterocycles. The normalized spacial score (nSPS) is 23.8. The number of imide groups is 1. The number of fused-ring (bicyclic) bond motifs is 2. The van der Waals surface area contributed by atoms with Gasteiger partial charge in [0, 0.05) is 36.1 Å². The molecule has 6 rings (SSSR count). The largest absolute Gasteiger partial charge is 0.433 e. The quantitative estimate of drug-likeness (QED) is 0.345. The van der Waals surface area contributed by atoms with Gasteiger partial charge in [-0.2, -0.15) is 13.2 Å². The summed E-state index contributed by atoms with van der Waals surface area (Å²) in [5, 5.41) is 0. The number of hydrogen-bond donors (Lipinski definition) is 0. The number of aromatic nitrogens is 2. The van der Waals surface area contributed by atoms with Crippen LogP contribution in [-0.4, -0.2) is 64.4 Å². The Morgan fingerprint density at radius 2 is 1.83 bits per heavy atom. The van der Waals surface area contributed by atoms with Crippen LogP contribution in [0.4, 0.5) is 13.2 Å². The Morgan fingerprint density at radius 3 is 2.46 bits per heavy atom. The highest BCUT2D eigenvalue weighted by atomic mass is 35.5. The third kappa shape index (κ3) is 5.47. The van der Waals surface area contributed by atoms with Crippen molar-refractivity contribution in [3.8, 4) is 11.3 Å². The van der Waals surface area contributed by atoms with E-state index in [2.05, 4.69) is 14.9 Å². The number of morpholine rings is 1. The molecule has 13 heteroatoms. The molecular weight excluding hydrogens is 600 g/mol. The van der Waals surface area contributed by atoms with Crippen LogP contribution in [0, 0.1) is 24.2 Å². The summed E-state index contributed by atoms with van der Waals surface area (Å²) in [6.07, 6.45) is -2.78. The molecular formula is C28H31Cl2F3N4O3S. The summed E-state index contributed by atoms with van der Waals surface area (Å²) in [6.45, 7) is 7.71. The molecule has 2 amide bonds. The molecule has 0 N–H and O–H groups in total. The van der Waals surface area contributed by atoms with Crippen molar-refractivity contribution >= 4 is 58.2 Å². The first-order chi connectivity index (χ1) is 18.4. The fourth-order valence-corrected chi connectivity index (χ4v) is 7.23. The maximum Gasteiger partial charge on any atom is 0.433 e. The maximum absolute atomic E-state index is 13.8. The molecule has 0 radical (unpaired) electrons. The first kappa shape index (κ1) is 31.6. The molecule has 5 heterocycles. The number of nitrogens with zero attached hydrogens (tertiary/aromatic N) is 4. The Balaban J connectivity index is 0.00000194. The molecule has 2 unspecified atom stereocenters. The highest BCUT2D eigenvalue weighted by Crippen LogP contribution is 2.63. The number of carbonyl (C=O) groups excluding carboxylic acids is 2. The Morgan fingerprint density at radius 1 is 1.15 bits per heavy atom. The van der Waals surface area contributed by atoms with E-state index < -0.39 is 11.9 Å². The average molecular weight is 632 g/mol. The van der Waals surface area contributed by atoms with E-state index in [0.717, 1.165) is 17.5 Å². The summed E-state index contributed by atoms with van der Waals surface area (Å²) >= 11 is 1.33. The molecule has 3 aromatic rings. The van der Waals surface area contributed by atoms with Gasteiger partial charge in [0.15, 0.2) is 0 Å². The van der Waals surface area contributed by atoms with Crippen LogP contribution >= 0.6 is 36.2 Å². The number of ether oxygens (including phenoxy) is 1. The molecule has 2 aliphatic heterocycles. The highest BCUT2D eigenvalue weighted by Gasteiger charge is 2.72. The molecule has 0 aromatic carbocycles. The maximum atomic E-state index is 13.8. The van der Waals surface area contributed by atoms with Crippen molar-refractivity contribution in [3.63, 3.8) is 0 Å². The van der Waals surface area contributed by atoms with E-state index in [-0.39, 0.29) is 72.2 Å². The SMILES string of the molecule is Cc1cc(C(F)(F)F)nc(-c2ccnc3cc(CN4C(=O)C5C(C4=O)C5(C)C)sc23)c1C[C@@H]1CN(C)CCO1.Cl.Cl. The predicted octanol–water partition coefficient (Wildman–Crippen LogP) is 5.54. The standard InChI is InChI=1S/C28H29F3N4O3S.2ClH/c1-14-9-20(28(29,30)31)33-23(18(14)10-15-12-34(4)7-8-38-15)17-5-6-32-19-11-16(39-24(17)19)13-35-25(36)21-22(26(35)37)27(21,2)3;;/h5-6,9,11,15,21-22H,7-8,10,12-13H2,1-4H3;2*1H/t15-,21?,22?;;/m1../s1. The van der Waals surface area contributed by atoms with Crippen LogP contribution in [0.2, 0.25) is 0 Å². The van der Waals surface area contributed by atoms with Gasteiger partial charge in [0.2, 0.25) is 11.8 Å². The fraction of sp³-hybridized carbons (Fsp3) is 0.500. The lowest BCUT2D eigenvalue weighted by atomic mass is 9.95. The zero-order valence-corrected chi connectivity index (χ0v) is 25.4. The van der Waals surface area contributed by atoms with E-state index in [1.165, 1.54) is 16.2 Å². The molecule has 3 aliphatic rings. The minimum Gasteiger partial charge on any atom is -0.375 e. The zero-order valence-electron chi connectivity index (χ0n) is 22.9. The van der Waals surface area contributed by atoms with E-state index in [0.29, 0.717) is 46.5 Å². The van der Waals surface area contributed by atoms with Gasteiger partial charge in [-0.1, -0.05) is 13.8 Å². The monoisotopic (exact) mass is 630 g/mol. The summed E-state index contributed by atoms with van der Waals surface area (Å²) < 4.78 is 48.1. The van der Waals surface area contributed by atoms with E-state index >= 15 is 0 Å². The van der Waals surface area contributed by atoms with Gasteiger partial charge >= 0.3 is 6.18 Å². The molecule has 7 nitrogen and oxygen atoms in total. The zero-order chi connectivity index (χ0) is 27.9. The van der Waals surface area contributed by atoms with Gasteiger partial charge in [-0.25, -0.2) is 4.98 Å². The van der Waals surface area contributed by atoms with Gasteiger partial charge in [-0.3, -0.25) is 19.5 Å². The Hall–Kier alpha value is -2.31. The number of thiophene rings is 1. The van der Waals surface area contributed by atoms with Crippen molar-refractivity contribution in [2.75, 3.05) is 26.7 Å². The number of halogens is 5. The molecule has 0 bridgehead atoms. The lowest BCUT2D eigenvalue weighted by Crippen LogP contribution is -2.41. The predicted molar refractivity (Wildman–Crippen MR) is 154 cm³/mol. The molecule has 3 atom stereocenters. The van der Waals surface area contributed by atoms with Crippen LogP contribution in [0.1, 0.15) is 35.5 Å². The number of pyridine rings is 2. The second-order valence-electron chi connectivity index (χ2n) is 11.4. The number of rotatable bonds is 5. The second-order valence-corrected chi connectivity index (χ2v) is 12.6. The topological polar surface area (TPSA) is 75.6 Å². The van der Waals surface area contributed by atoms with Crippen LogP contribution < -0.4 is 0 Å². The van der Waals surface area contributed by atoms with Crippen LogP contribution in [0.15, 0.2) is 24.4 Å². The Kier molecular flexibility index (Phi) is 8.54. The van der Waals surface area contributed by atoms with Gasteiger partial charge in [0.1, 0.15) is 5.69 Å². The van der Waals surface area contributed by atoms with E-state index in [1.54, 1.807) is 25.3 Å². The lowest BCUT2D eigenvalue weighted by molar-refractivity contribution is -0.144. The van der Waals surface area contributed by atoms with Crippen LogP contribution in [0.5, 0.6) is 0 Å². The van der Waals surface area contributed by atoms with Crippen molar-refractivity contribution in [2.45, 2.75) is 46.0 Å². The van der Waals surface area contributed by atoms with Crippen molar-refractivity contribution < 1.29 is 27.5 Å². The van der Waals surface area contributed by atoms with E-state index in [1.807, 2.05) is 20.9 Å². The van der Waals surface area contributed by atoms with Gasteiger partial charge in [0.25, 0.3) is 0 Å². The minimum absolute atomic E-state index is 0. The van der Waals surface area contributed by atoms with Crippen molar-refractivity contribution in [3.05, 3.63) is 46.1 Å². The van der Waals surface area contributed by atoms with Gasteiger partial charge in [-0.15, -0.1) is 36.2 Å². The number of hydrogen-bond acceptors (Lipinski definition) is 7. The van der Waals surface area contributed by atoms with Crippen LogP contribution in [0.25, 0.3) is 21.5 Å². The van der Waals surface area contributed by atoms with Gasteiger partial charge < -0.3 is 9.64 Å². The van der Waals surface area contributed by atoms with Crippen molar-refractivity contribution in [2.24, 2.45) is 17.3 Å². The summed E-state index contributed by atoms with van der Waals surface area (Å²) in [6, 6.07) is 4.59. The lowest BCUT2D eigenvalue weighted by Gasteiger charge is -2.31. The highest BCUT2D eigenvalue weighted by molar-refractivity contribution is 7.19. The molecule has 1 aliphatic carbocycles. The Labute approximate surface area is 252 Å². The summed E-state index contributed by atoms with van der Waals surface area (Å²) in [5.74, 6) is -0.853. The number of piperidine rings is 1. The average Bonchev–Trinajstić information content (AvgIpc) is 3.09. The van der Waals surface area contributed by atoms with Gasteiger partial charge in [0.05, 0.1) is 47.0 Å². The number of carbonyl (C=O) groups is 2. The Bertz CT molecular complexity index is 1490. The molecule has 41 heavy (non-hydrogen) atoms. The van der Waals surface area contributed by atoms with Gasteiger partial charge in [-0.05, 0) is 48.7 Å². The van der Waals surface area contributed by atoms with Crippen LogP contribution in [0.3, 0.4) is 0 Å². The first-order valence-electron chi connectivity index (χ1n) is 13.0.